The summed E-state index contributed by atoms with van der Waals surface area (Å²) in [6.07, 6.45) is 3.78. The third-order valence-electron chi connectivity index (χ3n) is 4.60. The van der Waals surface area contributed by atoms with E-state index in [1.54, 1.807) is 18.3 Å². The zero-order valence-electron chi connectivity index (χ0n) is 11.5. The second-order valence-electron chi connectivity index (χ2n) is 6.18. The standard InChI is InChI=1S/C15H19NO2S/c1-11-4-6-12(7-5-11)19(17,18)16-9-8-13-14(10-16)15(13,2)3/h4-9,13-14H,10H2,1-3H3. The minimum atomic E-state index is -3.39. The first-order valence-corrected chi connectivity index (χ1v) is 8.04. The number of nitrogens with zero attached hydrogens (tertiary/aromatic N) is 1. The van der Waals surface area contributed by atoms with E-state index in [0.29, 0.717) is 23.3 Å². The predicted molar refractivity (Wildman–Crippen MR) is 75.0 cm³/mol. The van der Waals surface area contributed by atoms with Crippen LogP contribution in [0.3, 0.4) is 0 Å². The van der Waals surface area contributed by atoms with E-state index < -0.39 is 10.0 Å². The number of benzene rings is 1. The van der Waals surface area contributed by atoms with Gasteiger partial charge in [0, 0.05) is 12.7 Å². The molecule has 1 saturated carbocycles. The summed E-state index contributed by atoms with van der Waals surface area (Å²) < 4.78 is 26.6. The van der Waals surface area contributed by atoms with Crippen molar-refractivity contribution in [2.45, 2.75) is 25.7 Å². The Balaban J connectivity index is 1.89. The minimum absolute atomic E-state index is 0.244. The Labute approximate surface area is 115 Å². The van der Waals surface area contributed by atoms with Crippen molar-refractivity contribution in [1.82, 2.24) is 4.31 Å². The van der Waals surface area contributed by atoms with Crippen LogP contribution in [0.5, 0.6) is 0 Å². The van der Waals surface area contributed by atoms with E-state index in [4.69, 9.17) is 0 Å². The molecule has 2 unspecified atom stereocenters. The molecular formula is C15H19NO2S. The van der Waals surface area contributed by atoms with Crippen molar-refractivity contribution >= 4 is 10.0 Å². The highest BCUT2D eigenvalue weighted by atomic mass is 32.2. The molecule has 0 saturated heterocycles. The second-order valence-corrected chi connectivity index (χ2v) is 8.07. The van der Waals surface area contributed by atoms with Gasteiger partial charge in [0.05, 0.1) is 4.90 Å². The van der Waals surface area contributed by atoms with Crippen molar-refractivity contribution in [3.05, 3.63) is 42.1 Å². The number of fused-ring (bicyclic) bond motifs is 1. The van der Waals surface area contributed by atoms with E-state index >= 15 is 0 Å². The van der Waals surface area contributed by atoms with Crippen molar-refractivity contribution in [3.8, 4) is 0 Å². The van der Waals surface area contributed by atoms with Gasteiger partial charge < -0.3 is 0 Å². The molecule has 0 spiro atoms. The molecule has 1 aliphatic carbocycles. The van der Waals surface area contributed by atoms with Crippen LogP contribution in [0.25, 0.3) is 0 Å². The molecule has 3 nitrogen and oxygen atoms in total. The average Bonchev–Trinajstić information content (AvgIpc) is 2.92. The third kappa shape index (κ3) is 1.89. The Morgan fingerprint density at radius 3 is 2.42 bits per heavy atom. The number of rotatable bonds is 2. The van der Waals surface area contributed by atoms with Crippen molar-refractivity contribution < 1.29 is 8.42 Å². The summed E-state index contributed by atoms with van der Waals surface area (Å²) in [5.74, 6) is 0.995. The number of allylic oxidation sites excluding steroid dienone is 1. The van der Waals surface area contributed by atoms with E-state index in [-0.39, 0.29) is 5.41 Å². The first-order chi connectivity index (χ1) is 8.83. The number of aryl methyl sites for hydroxylation is 1. The SMILES string of the molecule is Cc1ccc(S(=O)(=O)N2C=CC3C(C2)C3(C)C)cc1. The molecular weight excluding hydrogens is 258 g/mol. The fourth-order valence-electron chi connectivity index (χ4n) is 2.98. The van der Waals surface area contributed by atoms with E-state index in [1.165, 1.54) is 4.31 Å². The van der Waals surface area contributed by atoms with Gasteiger partial charge in [-0.15, -0.1) is 0 Å². The molecule has 2 atom stereocenters. The lowest BCUT2D eigenvalue weighted by Gasteiger charge is -2.23. The molecule has 1 heterocycles. The van der Waals surface area contributed by atoms with Crippen LogP contribution >= 0.6 is 0 Å². The van der Waals surface area contributed by atoms with Gasteiger partial charge in [0.1, 0.15) is 0 Å². The Morgan fingerprint density at radius 1 is 1.21 bits per heavy atom. The molecule has 1 fully saturated rings. The highest BCUT2D eigenvalue weighted by molar-refractivity contribution is 7.89. The molecule has 102 valence electrons. The Kier molecular flexibility index (Phi) is 2.58. The summed E-state index contributed by atoms with van der Waals surface area (Å²) in [7, 11) is -3.39. The lowest BCUT2D eigenvalue weighted by atomic mass is 10.1. The molecule has 0 amide bonds. The minimum Gasteiger partial charge on any atom is -0.273 e. The van der Waals surface area contributed by atoms with Gasteiger partial charge in [0.2, 0.25) is 0 Å². The zero-order valence-corrected chi connectivity index (χ0v) is 12.3. The molecule has 3 rings (SSSR count). The summed E-state index contributed by atoms with van der Waals surface area (Å²) in [6.45, 7) is 6.96. The van der Waals surface area contributed by atoms with E-state index in [1.807, 2.05) is 25.1 Å². The first kappa shape index (κ1) is 12.7. The zero-order chi connectivity index (χ0) is 13.8. The van der Waals surface area contributed by atoms with Crippen LogP contribution in [0.2, 0.25) is 0 Å². The van der Waals surface area contributed by atoms with Crippen molar-refractivity contribution in [2.24, 2.45) is 17.3 Å². The second kappa shape index (κ2) is 3.85. The van der Waals surface area contributed by atoms with Crippen LogP contribution in [-0.2, 0) is 10.0 Å². The van der Waals surface area contributed by atoms with Gasteiger partial charge in [0.15, 0.2) is 0 Å². The predicted octanol–water partition coefficient (Wildman–Crippen LogP) is 2.79. The molecule has 2 aliphatic rings. The van der Waals surface area contributed by atoms with Crippen molar-refractivity contribution in [2.75, 3.05) is 6.54 Å². The number of sulfonamides is 1. The van der Waals surface area contributed by atoms with Crippen LogP contribution in [0, 0.1) is 24.2 Å². The van der Waals surface area contributed by atoms with Gasteiger partial charge in [-0.1, -0.05) is 37.6 Å². The van der Waals surface area contributed by atoms with E-state index in [0.717, 1.165) is 5.56 Å². The Hall–Kier alpha value is -1.29. The maximum Gasteiger partial charge on any atom is 0.263 e. The maximum absolute atomic E-state index is 12.5. The van der Waals surface area contributed by atoms with Crippen LogP contribution in [0.1, 0.15) is 19.4 Å². The highest BCUT2D eigenvalue weighted by Crippen LogP contribution is 2.60. The maximum atomic E-state index is 12.5. The molecule has 1 aliphatic heterocycles. The largest absolute Gasteiger partial charge is 0.273 e. The summed E-state index contributed by atoms with van der Waals surface area (Å²) in [5, 5.41) is 0. The van der Waals surface area contributed by atoms with Gasteiger partial charge in [0.25, 0.3) is 10.0 Å². The molecule has 0 bridgehead atoms. The lowest BCUT2D eigenvalue weighted by Crippen LogP contribution is -2.30. The van der Waals surface area contributed by atoms with Gasteiger partial charge >= 0.3 is 0 Å². The van der Waals surface area contributed by atoms with Crippen molar-refractivity contribution in [1.29, 1.82) is 0 Å². The van der Waals surface area contributed by atoms with Gasteiger partial charge in [-0.05, 0) is 36.3 Å². The summed E-state index contributed by atoms with van der Waals surface area (Å²) in [5.41, 5.74) is 1.31. The topological polar surface area (TPSA) is 37.4 Å². The molecule has 0 N–H and O–H groups in total. The van der Waals surface area contributed by atoms with Crippen LogP contribution in [-0.4, -0.2) is 19.3 Å². The van der Waals surface area contributed by atoms with Crippen LogP contribution in [0.4, 0.5) is 0 Å². The number of hydrogen-bond donors (Lipinski definition) is 0. The Bertz CT molecular complexity index is 629. The number of hydrogen-bond acceptors (Lipinski definition) is 2. The monoisotopic (exact) mass is 277 g/mol. The fourth-order valence-corrected chi connectivity index (χ4v) is 4.32. The van der Waals surface area contributed by atoms with Crippen molar-refractivity contribution in [3.63, 3.8) is 0 Å². The lowest BCUT2D eigenvalue weighted by molar-refractivity contribution is 0.440. The van der Waals surface area contributed by atoms with Gasteiger partial charge in [-0.2, -0.15) is 0 Å². The summed E-state index contributed by atoms with van der Waals surface area (Å²) in [4.78, 5) is 0.375. The highest BCUT2D eigenvalue weighted by Gasteiger charge is 2.58. The molecule has 0 radical (unpaired) electrons. The average molecular weight is 277 g/mol. The summed E-state index contributed by atoms with van der Waals surface area (Å²) in [6, 6.07) is 7.04. The molecule has 4 heteroatoms. The normalized spacial score (nSPS) is 28.1. The molecule has 1 aromatic rings. The van der Waals surface area contributed by atoms with Gasteiger partial charge in [-0.3, -0.25) is 4.31 Å². The van der Waals surface area contributed by atoms with Crippen LogP contribution in [0.15, 0.2) is 41.4 Å². The Morgan fingerprint density at radius 2 is 1.84 bits per heavy atom. The molecule has 0 aromatic heterocycles. The third-order valence-corrected chi connectivity index (χ3v) is 6.36. The van der Waals surface area contributed by atoms with E-state index in [9.17, 15) is 8.42 Å². The summed E-state index contributed by atoms with van der Waals surface area (Å²) >= 11 is 0. The quantitative estimate of drug-likeness (QED) is 0.833. The first-order valence-electron chi connectivity index (χ1n) is 6.60. The molecule has 1 aromatic carbocycles. The smallest absolute Gasteiger partial charge is 0.263 e. The van der Waals surface area contributed by atoms with Gasteiger partial charge in [-0.25, -0.2) is 8.42 Å². The fraction of sp³-hybridized carbons (Fsp3) is 0.467. The molecule has 19 heavy (non-hydrogen) atoms. The van der Waals surface area contributed by atoms with E-state index in [2.05, 4.69) is 13.8 Å². The van der Waals surface area contributed by atoms with Crippen LogP contribution < -0.4 is 0 Å².